The van der Waals surface area contributed by atoms with Crippen LogP contribution >= 0.6 is 39.3 Å². The molecular formula is C22H26BrClN2O2S. The van der Waals surface area contributed by atoms with Crippen molar-refractivity contribution < 1.29 is 9.90 Å². The van der Waals surface area contributed by atoms with Crippen molar-refractivity contribution in [3.63, 3.8) is 0 Å². The molecule has 0 atom stereocenters. The zero-order chi connectivity index (χ0) is 20.4. The van der Waals surface area contributed by atoms with Crippen molar-refractivity contribution in [2.24, 2.45) is 4.99 Å². The number of hydrogen-bond donors (Lipinski definition) is 1. The molecule has 1 heterocycles. The van der Waals surface area contributed by atoms with E-state index in [0.29, 0.717) is 16.5 Å². The van der Waals surface area contributed by atoms with Crippen LogP contribution in [0, 0.1) is 0 Å². The highest BCUT2D eigenvalue weighted by Crippen LogP contribution is 2.40. The summed E-state index contributed by atoms with van der Waals surface area (Å²) in [5.74, 6) is 0.00427. The van der Waals surface area contributed by atoms with E-state index in [2.05, 4.69) is 15.9 Å². The number of nitrogens with zero attached hydrogens (tertiary/aromatic N) is 2. The second kappa shape index (κ2) is 9.44. The van der Waals surface area contributed by atoms with Crippen LogP contribution in [0.1, 0.15) is 69.8 Å². The number of phenols is 1. The first-order valence-electron chi connectivity index (χ1n) is 10.5. The summed E-state index contributed by atoms with van der Waals surface area (Å²) in [6.45, 7) is 0. The second-order valence-electron chi connectivity index (χ2n) is 8.11. The smallest absolute Gasteiger partial charge is 0.267 e. The molecule has 3 aliphatic rings. The van der Waals surface area contributed by atoms with Gasteiger partial charge in [-0.1, -0.05) is 66.1 Å². The highest BCUT2D eigenvalue weighted by molar-refractivity contribution is 9.10. The van der Waals surface area contributed by atoms with Crippen LogP contribution in [0.5, 0.6) is 5.75 Å². The molecule has 29 heavy (non-hydrogen) atoms. The maximum Gasteiger partial charge on any atom is 0.267 e. The maximum absolute atomic E-state index is 13.4. The van der Waals surface area contributed by atoms with Crippen LogP contribution in [0.25, 0.3) is 6.08 Å². The molecule has 0 unspecified atom stereocenters. The summed E-state index contributed by atoms with van der Waals surface area (Å²) in [5, 5.41) is 11.5. The first-order chi connectivity index (χ1) is 14.0. The molecule has 0 spiro atoms. The molecule has 1 N–H and O–H groups in total. The molecule has 1 aromatic rings. The molecule has 0 bridgehead atoms. The van der Waals surface area contributed by atoms with Gasteiger partial charge in [0.15, 0.2) is 5.17 Å². The number of benzene rings is 1. The van der Waals surface area contributed by atoms with Crippen molar-refractivity contribution in [2.45, 2.75) is 76.3 Å². The van der Waals surface area contributed by atoms with Gasteiger partial charge in [-0.2, -0.15) is 0 Å². The second-order valence-corrected chi connectivity index (χ2v) is 10.4. The lowest BCUT2D eigenvalue weighted by atomic mass is 9.94. The minimum absolute atomic E-state index is 0.00217. The Morgan fingerprint density at radius 1 is 1.10 bits per heavy atom. The van der Waals surface area contributed by atoms with E-state index in [1.165, 1.54) is 37.4 Å². The van der Waals surface area contributed by atoms with Crippen molar-refractivity contribution in [1.29, 1.82) is 0 Å². The van der Waals surface area contributed by atoms with Gasteiger partial charge in [0.05, 0.1) is 16.0 Å². The Kier molecular flexibility index (Phi) is 6.92. The van der Waals surface area contributed by atoms with Gasteiger partial charge in [0, 0.05) is 16.1 Å². The van der Waals surface area contributed by atoms with Gasteiger partial charge in [0.25, 0.3) is 5.91 Å². The molecular weight excluding hydrogens is 472 g/mol. The maximum atomic E-state index is 13.4. The van der Waals surface area contributed by atoms with Crippen LogP contribution in [0.2, 0.25) is 5.02 Å². The van der Waals surface area contributed by atoms with E-state index in [9.17, 15) is 9.90 Å². The first-order valence-corrected chi connectivity index (χ1v) is 12.5. The van der Waals surface area contributed by atoms with E-state index in [-0.39, 0.29) is 22.7 Å². The fourth-order valence-corrected chi connectivity index (χ4v) is 6.38. The summed E-state index contributed by atoms with van der Waals surface area (Å²) in [4.78, 5) is 21.0. The van der Waals surface area contributed by atoms with Gasteiger partial charge in [-0.15, -0.1) is 0 Å². The topological polar surface area (TPSA) is 52.9 Å². The Labute approximate surface area is 189 Å². The van der Waals surface area contributed by atoms with Crippen LogP contribution in [0.4, 0.5) is 0 Å². The average Bonchev–Trinajstić information content (AvgIpc) is 3.02. The third kappa shape index (κ3) is 4.86. The van der Waals surface area contributed by atoms with Gasteiger partial charge >= 0.3 is 0 Å². The normalized spacial score (nSPS) is 24.8. The molecule has 1 aliphatic heterocycles. The number of amides is 1. The van der Waals surface area contributed by atoms with Crippen LogP contribution in [0.15, 0.2) is 26.5 Å². The predicted octanol–water partition coefficient (Wildman–Crippen LogP) is 6.75. The zero-order valence-corrected chi connectivity index (χ0v) is 19.5. The van der Waals surface area contributed by atoms with Crippen molar-refractivity contribution in [2.75, 3.05) is 0 Å². The molecule has 4 rings (SSSR count). The summed E-state index contributed by atoms with van der Waals surface area (Å²) in [7, 11) is 0. The lowest BCUT2D eigenvalue weighted by Gasteiger charge is -2.31. The standard InChI is InChI=1S/C22H26BrClN2O2S/c23-15-11-14(20(27)18(24)13-15)12-19-21(28)26(17-9-5-2-6-10-17)22(29-19)25-16-7-3-1-4-8-16/h11-13,16-17,27H,1-10H2. The van der Waals surface area contributed by atoms with Crippen LogP contribution in [-0.4, -0.2) is 33.2 Å². The molecule has 2 saturated carbocycles. The summed E-state index contributed by atoms with van der Waals surface area (Å²) in [5.41, 5.74) is 0.544. The highest BCUT2D eigenvalue weighted by atomic mass is 79.9. The average molecular weight is 498 g/mol. The monoisotopic (exact) mass is 496 g/mol. The third-order valence-electron chi connectivity index (χ3n) is 5.99. The fourth-order valence-electron chi connectivity index (χ4n) is 4.44. The Hall–Kier alpha value is -0.980. The Morgan fingerprint density at radius 2 is 1.76 bits per heavy atom. The predicted molar refractivity (Wildman–Crippen MR) is 124 cm³/mol. The van der Waals surface area contributed by atoms with Crippen LogP contribution in [0.3, 0.4) is 0 Å². The van der Waals surface area contributed by atoms with Crippen molar-refractivity contribution >= 4 is 56.4 Å². The van der Waals surface area contributed by atoms with E-state index < -0.39 is 0 Å². The van der Waals surface area contributed by atoms with E-state index >= 15 is 0 Å². The molecule has 3 fully saturated rings. The molecule has 4 nitrogen and oxygen atoms in total. The zero-order valence-electron chi connectivity index (χ0n) is 16.4. The summed E-state index contributed by atoms with van der Waals surface area (Å²) in [6.07, 6.45) is 13.3. The first kappa shape index (κ1) is 21.3. The van der Waals surface area contributed by atoms with Crippen LogP contribution in [-0.2, 0) is 4.79 Å². The van der Waals surface area contributed by atoms with Gasteiger partial charge in [0.2, 0.25) is 0 Å². The number of aliphatic imine (C=N–C) groups is 1. The summed E-state index contributed by atoms with van der Waals surface area (Å²) < 4.78 is 0.767. The Morgan fingerprint density at radius 3 is 2.45 bits per heavy atom. The van der Waals surface area contributed by atoms with Crippen LogP contribution < -0.4 is 0 Å². The number of hydrogen-bond acceptors (Lipinski definition) is 4. The van der Waals surface area contributed by atoms with Gasteiger partial charge in [0.1, 0.15) is 5.75 Å². The van der Waals surface area contributed by atoms with Crippen molar-refractivity contribution in [3.8, 4) is 5.75 Å². The number of carbonyl (C=O) groups excluding carboxylic acids is 1. The molecule has 0 aromatic heterocycles. The van der Waals surface area contributed by atoms with Gasteiger partial charge < -0.3 is 5.11 Å². The molecule has 7 heteroatoms. The van der Waals surface area contributed by atoms with E-state index in [4.69, 9.17) is 16.6 Å². The van der Waals surface area contributed by atoms with Gasteiger partial charge in [-0.3, -0.25) is 14.7 Å². The molecule has 0 radical (unpaired) electrons. The Bertz CT molecular complexity index is 845. The van der Waals surface area contributed by atoms with Crippen molar-refractivity contribution in [3.05, 3.63) is 32.1 Å². The largest absolute Gasteiger partial charge is 0.506 e. The minimum Gasteiger partial charge on any atom is -0.506 e. The lowest BCUT2D eigenvalue weighted by Crippen LogP contribution is -2.41. The van der Waals surface area contributed by atoms with Crippen molar-refractivity contribution in [1.82, 2.24) is 4.90 Å². The number of carbonyl (C=O) groups is 1. The Balaban J connectivity index is 1.67. The summed E-state index contributed by atoms with van der Waals surface area (Å²) in [6, 6.07) is 3.98. The number of amidine groups is 1. The van der Waals surface area contributed by atoms with E-state index in [1.807, 2.05) is 4.90 Å². The lowest BCUT2D eigenvalue weighted by molar-refractivity contribution is -0.124. The number of thioether (sulfide) groups is 1. The minimum atomic E-state index is -0.00217. The number of aromatic hydroxyl groups is 1. The molecule has 1 amide bonds. The van der Waals surface area contributed by atoms with Gasteiger partial charge in [-0.05, 0) is 55.7 Å². The molecule has 1 aromatic carbocycles. The quantitative estimate of drug-likeness (QED) is 0.470. The number of phenolic OH excluding ortho intramolecular Hbond substituents is 1. The molecule has 1 saturated heterocycles. The fraction of sp³-hybridized carbons (Fsp3) is 0.545. The van der Waals surface area contributed by atoms with Gasteiger partial charge in [-0.25, -0.2) is 0 Å². The third-order valence-corrected chi connectivity index (χ3v) is 7.73. The molecule has 156 valence electrons. The highest BCUT2D eigenvalue weighted by Gasteiger charge is 2.39. The summed E-state index contributed by atoms with van der Waals surface area (Å²) >= 11 is 11.0. The van der Waals surface area contributed by atoms with E-state index in [0.717, 1.165) is 48.2 Å². The SMILES string of the molecule is O=C1C(=Cc2cc(Br)cc(Cl)c2O)SC(=NC2CCCCC2)N1C1CCCCC1. The van der Waals surface area contributed by atoms with E-state index in [1.54, 1.807) is 18.2 Å². The number of halogens is 2. The molecule has 2 aliphatic carbocycles. The number of rotatable bonds is 3.